The summed E-state index contributed by atoms with van der Waals surface area (Å²) in [5, 5.41) is 3.30. The molecule has 2 fully saturated rings. The Kier molecular flexibility index (Phi) is 7.26. The van der Waals surface area contributed by atoms with Gasteiger partial charge in [-0.05, 0) is 63.8 Å². The molecule has 32 heavy (non-hydrogen) atoms. The standard InChI is InChI=1S/C27H35N3O2/c1-20-14-21(2)16-24(15-20)27(32)30-13-6-10-23(18-30)26(31)28-25-11-7-12-29(19-25)17-22-8-4-3-5-9-22/h3-5,8-9,14-16,23,25H,6-7,10-13,17-19H2,1-2H3,(H,28,31). The molecule has 2 saturated heterocycles. The second kappa shape index (κ2) is 10.3. The van der Waals surface area contributed by atoms with Crippen LogP contribution in [-0.2, 0) is 11.3 Å². The van der Waals surface area contributed by atoms with Crippen LogP contribution in [-0.4, -0.2) is 53.8 Å². The van der Waals surface area contributed by atoms with Crippen LogP contribution in [0.5, 0.6) is 0 Å². The van der Waals surface area contributed by atoms with Crippen LogP contribution < -0.4 is 5.32 Å². The molecule has 2 atom stereocenters. The molecule has 0 saturated carbocycles. The van der Waals surface area contributed by atoms with E-state index in [-0.39, 0.29) is 23.8 Å². The molecule has 0 spiro atoms. The van der Waals surface area contributed by atoms with Crippen molar-refractivity contribution in [2.75, 3.05) is 26.2 Å². The van der Waals surface area contributed by atoms with Crippen LogP contribution in [0.25, 0.3) is 0 Å². The van der Waals surface area contributed by atoms with E-state index in [0.29, 0.717) is 6.54 Å². The maximum Gasteiger partial charge on any atom is 0.253 e. The minimum atomic E-state index is -0.122. The lowest BCUT2D eigenvalue weighted by Crippen LogP contribution is -2.51. The van der Waals surface area contributed by atoms with E-state index in [0.717, 1.165) is 68.6 Å². The minimum absolute atomic E-state index is 0.0426. The molecule has 2 amide bonds. The Morgan fingerprint density at radius 1 is 0.938 bits per heavy atom. The number of aryl methyl sites for hydroxylation is 2. The lowest BCUT2D eigenvalue weighted by atomic mass is 9.95. The molecule has 2 heterocycles. The number of hydrogen-bond acceptors (Lipinski definition) is 3. The molecule has 0 bridgehead atoms. The van der Waals surface area contributed by atoms with Crippen molar-refractivity contribution in [1.29, 1.82) is 0 Å². The zero-order valence-electron chi connectivity index (χ0n) is 19.3. The fourth-order valence-corrected chi connectivity index (χ4v) is 5.13. The molecule has 0 aliphatic carbocycles. The SMILES string of the molecule is Cc1cc(C)cc(C(=O)N2CCCC(C(=O)NC3CCCN(Cc4ccccc4)C3)C2)c1. The molecule has 5 heteroatoms. The Hall–Kier alpha value is -2.66. The summed E-state index contributed by atoms with van der Waals surface area (Å²) in [6, 6.07) is 16.7. The average Bonchev–Trinajstić information content (AvgIpc) is 2.79. The van der Waals surface area contributed by atoms with Crippen LogP contribution in [0.3, 0.4) is 0 Å². The van der Waals surface area contributed by atoms with E-state index in [2.05, 4.69) is 40.5 Å². The summed E-state index contributed by atoms with van der Waals surface area (Å²) in [6.45, 7) is 8.15. The summed E-state index contributed by atoms with van der Waals surface area (Å²) in [5.74, 6) is 0.0265. The fraction of sp³-hybridized carbons (Fsp3) is 0.481. The van der Waals surface area contributed by atoms with Crippen LogP contribution >= 0.6 is 0 Å². The molecule has 2 aromatic rings. The van der Waals surface area contributed by atoms with Gasteiger partial charge in [-0.2, -0.15) is 0 Å². The van der Waals surface area contributed by atoms with Gasteiger partial charge in [0.05, 0.1) is 5.92 Å². The summed E-state index contributed by atoms with van der Waals surface area (Å²) in [6.07, 6.45) is 3.84. The van der Waals surface area contributed by atoms with Gasteiger partial charge in [0.25, 0.3) is 5.91 Å². The number of hydrogen-bond donors (Lipinski definition) is 1. The largest absolute Gasteiger partial charge is 0.352 e. The van der Waals surface area contributed by atoms with Gasteiger partial charge in [0.15, 0.2) is 0 Å². The van der Waals surface area contributed by atoms with Gasteiger partial charge in [-0.1, -0.05) is 47.5 Å². The van der Waals surface area contributed by atoms with Crippen molar-refractivity contribution in [3.05, 3.63) is 70.8 Å². The van der Waals surface area contributed by atoms with Gasteiger partial charge in [-0.25, -0.2) is 0 Å². The topological polar surface area (TPSA) is 52.7 Å². The maximum atomic E-state index is 13.1. The highest BCUT2D eigenvalue weighted by molar-refractivity contribution is 5.95. The highest BCUT2D eigenvalue weighted by Gasteiger charge is 2.31. The van der Waals surface area contributed by atoms with Gasteiger partial charge in [0, 0.05) is 37.8 Å². The molecule has 2 aromatic carbocycles. The third-order valence-corrected chi connectivity index (χ3v) is 6.65. The predicted molar refractivity (Wildman–Crippen MR) is 127 cm³/mol. The number of carbonyl (C=O) groups is 2. The first kappa shape index (κ1) is 22.5. The lowest BCUT2D eigenvalue weighted by Gasteiger charge is -2.36. The van der Waals surface area contributed by atoms with Crippen LogP contribution in [0.1, 0.15) is 52.7 Å². The number of rotatable bonds is 5. The quantitative estimate of drug-likeness (QED) is 0.777. The molecule has 2 aliphatic rings. The Balaban J connectivity index is 1.32. The number of carbonyl (C=O) groups excluding carboxylic acids is 2. The third kappa shape index (κ3) is 5.77. The number of likely N-dealkylation sites (tertiary alicyclic amines) is 2. The molecule has 4 rings (SSSR count). The van der Waals surface area contributed by atoms with Crippen molar-refractivity contribution in [3.63, 3.8) is 0 Å². The number of piperidine rings is 2. The fourth-order valence-electron chi connectivity index (χ4n) is 5.13. The van der Waals surface area contributed by atoms with E-state index in [1.54, 1.807) is 0 Å². The van der Waals surface area contributed by atoms with E-state index in [1.165, 1.54) is 5.56 Å². The minimum Gasteiger partial charge on any atom is -0.352 e. The van der Waals surface area contributed by atoms with Crippen LogP contribution in [0.2, 0.25) is 0 Å². The third-order valence-electron chi connectivity index (χ3n) is 6.65. The maximum absolute atomic E-state index is 13.1. The first-order chi connectivity index (χ1) is 15.5. The average molecular weight is 434 g/mol. The van der Waals surface area contributed by atoms with Crippen molar-refractivity contribution in [3.8, 4) is 0 Å². The van der Waals surface area contributed by atoms with E-state index in [4.69, 9.17) is 0 Å². The van der Waals surface area contributed by atoms with E-state index >= 15 is 0 Å². The molecule has 0 radical (unpaired) electrons. The summed E-state index contributed by atoms with van der Waals surface area (Å²) in [4.78, 5) is 30.4. The lowest BCUT2D eigenvalue weighted by molar-refractivity contribution is -0.127. The highest BCUT2D eigenvalue weighted by Crippen LogP contribution is 2.21. The van der Waals surface area contributed by atoms with E-state index in [9.17, 15) is 9.59 Å². The van der Waals surface area contributed by atoms with E-state index < -0.39 is 0 Å². The second-order valence-corrected chi connectivity index (χ2v) is 9.54. The van der Waals surface area contributed by atoms with Gasteiger partial charge >= 0.3 is 0 Å². The van der Waals surface area contributed by atoms with Crippen LogP contribution in [0.4, 0.5) is 0 Å². The molecule has 170 valence electrons. The molecule has 5 nitrogen and oxygen atoms in total. The molecule has 2 unspecified atom stereocenters. The van der Waals surface area contributed by atoms with E-state index in [1.807, 2.05) is 36.9 Å². The Morgan fingerprint density at radius 3 is 2.41 bits per heavy atom. The van der Waals surface area contributed by atoms with Gasteiger partial charge in [-0.3, -0.25) is 14.5 Å². The summed E-state index contributed by atoms with van der Waals surface area (Å²) in [7, 11) is 0. The zero-order valence-corrected chi connectivity index (χ0v) is 19.3. The summed E-state index contributed by atoms with van der Waals surface area (Å²) >= 11 is 0. The number of nitrogens with one attached hydrogen (secondary N) is 1. The molecule has 0 aromatic heterocycles. The normalized spacial score (nSPS) is 21.9. The van der Waals surface area contributed by atoms with Crippen molar-refractivity contribution in [2.24, 2.45) is 5.92 Å². The Labute approximate surface area is 191 Å². The monoisotopic (exact) mass is 433 g/mol. The zero-order chi connectivity index (χ0) is 22.5. The van der Waals surface area contributed by atoms with Gasteiger partial charge < -0.3 is 10.2 Å². The number of nitrogens with zero attached hydrogens (tertiary/aromatic N) is 2. The van der Waals surface area contributed by atoms with Gasteiger partial charge in [-0.15, -0.1) is 0 Å². The smallest absolute Gasteiger partial charge is 0.253 e. The molecular weight excluding hydrogens is 398 g/mol. The summed E-state index contributed by atoms with van der Waals surface area (Å²) < 4.78 is 0. The summed E-state index contributed by atoms with van der Waals surface area (Å²) in [5.41, 5.74) is 4.23. The van der Waals surface area contributed by atoms with Crippen molar-refractivity contribution >= 4 is 11.8 Å². The second-order valence-electron chi connectivity index (χ2n) is 9.54. The first-order valence-corrected chi connectivity index (χ1v) is 11.9. The Bertz CT molecular complexity index is 923. The van der Waals surface area contributed by atoms with Crippen molar-refractivity contribution < 1.29 is 9.59 Å². The highest BCUT2D eigenvalue weighted by atomic mass is 16.2. The van der Waals surface area contributed by atoms with Crippen LogP contribution in [0, 0.1) is 19.8 Å². The molecule has 1 N–H and O–H groups in total. The first-order valence-electron chi connectivity index (χ1n) is 11.9. The number of benzene rings is 2. The van der Waals surface area contributed by atoms with Gasteiger partial charge in [0.2, 0.25) is 5.91 Å². The van der Waals surface area contributed by atoms with Crippen LogP contribution in [0.15, 0.2) is 48.5 Å². The van der Waals surface area contributed by atoms with Gasteiger partial charge in [0.1, 0.15) is 0 Å². The molecular formula is C27H35N3O2. The predicted octanol–water partition coefficient (Wildman–Crippen LogP) is 3.94. The van der Waals surface area contributed by atoms with Crippen molar-refractivity contribution in [1.82, 2.24) is 15.1 Å². The Morgan fingerprint density at radius 2 is 1.66 bits per heavy atom. The van der Waals surface area contributed by atoms with Crippen molar-refractivity contribution in [2.45, 2.75) is 52.1 Å². The number of amides is 2. The molecule has 2 aliphatic heterocycles.